The van der Waals surface area contributed by atoms with Crippen LogP contribution in [0.15, 0.2) is 11.6 Å². The molecule has 0 saturated heterocycles. The molecule has 3 nitrogen and oxygen atoms in total. The van der Waals surface area contributed by atoms with Crippen molar-refractivity contribution in [3.8, 4) is 6.07 Å². The van der Waals surface area contributed by atoms with Gasteiger partial charge in [0, 0.05) is 11.6 Å². The Balaban J connectivity index is 2.72. The van der Waals surface area contributed by atoms with Crippen LogP contribution < -0.4 is 5.32 Å². The largest absolute Gasteiger partial charge is 0.291 e. The fourth-order valence-corrected chi connectivity index (χ4v) is 1.98. The van der Waals surface area contributed by atoms with Crippen LogP contribution in [0.4, 0.5) is 0 Å². The zero-order chi connectivity index (χ0) is 10.6. The van der Waals surface area contributed by atoms with Gasteiger partial charge in [-0.2, -0.15) is 5.26 Å². The van der Waals surface area contributed by atoms with Crippen LogP contribution in [0.3, 0.4) is 0 Å². The van der Waals surface area contributed by atoms with E-state index in [9.17, 15) is 0 Å². The van der Waals surface area contributed by atoms with Crippen molar-refractivity contribution in [2.45, 2.75) is 38.8 Å². The van der Waals surface area contributed by atoms with E-state index in [4.69, 9.17) is 5.26 Å². The molecular formula is C10H15N3S. The van der Waals surface area contributed by atoms with Gasteiger partial charge in [-0.25, -0.2) is 4.98 Å². The van der Waals surface area contributed by atoms with Crippen LogP contribution in [-0.2, 0) is 5.54 Å². The molecule has 0 aromatic carbocycles. The number of aromatic nitrogens is 1. The van der Waals surface area contributed by atoms with E-state index in [1.165, 1.54) is 0 Å². The molecule has 0 radical (unpaired) electrons. The first kappa shape index (κ1) is 11.2. The SMILES string of the molecule is CCC(C#N)NC(C)(C)c1nccs1. The molecule has 1 atom stereocenters. The first-order valence-corrected chi connectivity index (χ1v) is 5.55. The molecule has 0 fully saturated rings. The summed E-state index contributed by atoms with van der Waals surface area (Å²) < 4.78 is 0. The van der Waals surface area contributed by atoms with Crippen LogP contribution in [0.2, 0.25) is 0 Å². The highest BCUT2D eigenvalue weighted by Gasteiger charge is 2.25. The molecule has 0 bridgehead atoms. The van der Waals surface area contributed by atoms with Gasteiger partial charge in [0.2, 0.25) is 0 Å². The standard InChI is InChI=1S/C10H15N3S/c1-4-8(7-11)13-10(2,3)9-12-5-6-14-9/h5-6,8,13H,4H2,1-3H3. The third-order valence-electron chi connectivity index (χ3n) is 2.07. The molecule has 1 aromatic rings. The highest BCUT2D eigenvalue weighted by molar-refractivity contribution is 7.09. The van der Waals surface area contributed by atoms with Crippen LogP contribution >= 0.6 is 11.3 Å². The van der Waals surface area contributed by atoms with Crippen molar-refractivity contribution in [1.82, 2.24) is 10.3 Å². The fraction of sp³-hybridized carbons (Fsp3) is 0.600. The van der Waals surface area contributed by atoms with E-state index in [-0.39, 0.29) is 11.6 Å². The van der Waals surface area contributed by atoms with Crippen LogP contribution in [0.5, 0.6) is 0 Å². The van der Waals surface area contributed by atoms with Crippen molar-refractivity contribution in [3.05, 3.63) is 16.6 Å². The van der Waals surface area contributed by atoms with Crippen molar-refractivity contribution in [3.63, 3.8) is 0 Å². The van der Waals surface area contributed by atoms with E-state index >= 15 is 0 Å². The average Bonchev–Trinajstić information content (AvgIpc) is 2.67. The normalized spacial score (nSPS) is 13.6. The lowest BCUT2D eigenvalue weighted by Gasteiger charge is -2.26. The number of nitriles is 1. The summed E-state index contributed by atoms with van der Waals surface area (Å²) in [5.41, 5.74) is -0.218. The molecule has 14 heavy (non-hydrogen) atoms. The summed E-state index contributed by atoms with van der Waals surface area (Å²) in [6.07, 6.45) is 2.60. The minimum absolute atomic E-state index is 0.103. The van der Waals surface area contributed by atoms with E-state index in [2.05, 4.69) is 16.4 Å². The lowest BCUT2D eigenvalue weighted by atomic mass is 10.0. The zero-order valence-corrected chi connectivity index (χ0v) is 9.56. The Morgan fingerprint density at radius 3 is 2.86 bits per heavy atom. The van der Waals surface area contributed by atoms with Crippen molar-refractivity contribution in [2.75, 3.05) is 0 Å². The Kier molecular flexibility index (Phi) is 3.62. The summed E-state index contributed by atoms with van der Waals surface area (Å²) in [4.78, 5) is 4.26. The van der Waals surface area contributed by atoms with Gasteiger partial charge in [0.15, 0.2) is 0 Å². The van der Waals surface area contributed by atoms with Crippen molar-refractivity contribution in [1.29, 1.82) is 5.26 Å². The second-order valence-electron chi connectivity index (χ2n) is 3.70. The van der Waals surface area contributed by atoms with Gasteiger partial charge in [-0.3, -0.25) is 5.32 Å². The number of hydrogen-bond acceptors (Lipinski definition) is 4. The first-order chi connectivity index (χ1) is 6.60. The molecule has 0 amide bonds. The minimum Gasteiger partial charge on any atom is -0.291 e. The number of thiazole rings is 1. The topological polar surface area (TPSA) is 48.7 Å². The molecule has 76 valence electrons. The molecule has 1 rings (SSSR count). The van der Waals surface area contributed by atoms with Gasteiger partial charge in [0.1, 0.15) is 5.01 Å². The lowest BCUT2D eigenvalue weighted by molar-refractivity contribution is 0.368. The van der Waals surface area contributed by atoms with Gasteiger partial charge in [-0.05, 0) is 20.3 Å². The monoisotopic (exact) mass is 209 g/mol. The molecule has 1 N–H and O–H groups in total. The van der Waals surface area contributed by atoms with E-state index in [1.54, 1.807) is 17.5 Å². The maximum atomic E-state index is 8.86. The van der Waals surface area contributed by atoms with Crippen LogP contribution in [-0.4, -0.2) is 11.0 Å². The molecule has 4 heteroatoms. The summed E-state index contributed by atoms with van der Waals surface area (Å²) in [5.74, 6) is 0. The first-order valence-electron chi connectivity index (χ1n) is 4.67. The smallest absolute Gasteiger partial charge is 0.112 e. The molecule has 1 unspecified atom stereocenters. The molecule has 0 aliphatic heterocycles. The Morgan fingerprint density at radius 2 is 2.43 bits per heavy atom. The summed E-state index contributed by atoms with van der Waals surface area (Å²) in [6, 6.07) is 2.13. The average molecular weight is 209 g/mol. The molecule has 0 aliphatic carbocycles. The Labute approximate surface area is 88.8 Å². The highest BCUT2D eigenvalue weighted by Crippen LogP contribution is 2.22. The Morgan fingerprint density at radius 1 is 1.71 bits per heavy atom. The molecule has 0 saturated carbocycles. The van der Waals surface area contributed by atoms with E-state index in [0.717, 1.165) is 11.4 Å². The Bertz CT molecular complexity index is 311. The quantitative estimate of drug-likeness (QED) is 0.827. The fourth-order valence-electron chi connectivity index (χ4n) is 1.26. The molecule has 0 spiro atoms. The molecule has 1 aromatic heterocycles. The van der Waals surface area contributed by atoms with Crippen molar-refractivity contribution < 1.29 is 0 Å². The van der Waals surface area contributed by atoms with Gasteiger partial charge < -0.3 is 0 Å². The van der Waals surface area contributed by atoms with E-state index in [0.29, 0.717) is 0 Å². The summed E-state index contributed by atoms with van der Waals surface area (Å²) in [6.45, 7) is 6.09. The van der Waals surface area contributed by atoms with E-state index in [1.807, 2.05) is 26.2 Å². The van der Waals surface area contributed by atoms with Gasteiger partial charge in [-0.1, -0.05) is 6.92 Å². The van der Waals surface area contributed by atoms with Crippen molar-refractivity contribution >= 4 is 11.3 Å². The van der Waals surface area contributed by atoms with Crippen LogP contribution in [0.25, 0.3) is 0 Å². The van der Waals surface area contributed by atoms with Gasteiger partial charge >= 0.3 is 0 Å². The number of nitrogens with one attached hydrogen (secondary N) is 1. The second kappa shape index (κ2) is 4.54. The predicted octanol–water partition coefficient (Wildman–Crippen LogP) is 2.27. The summed E-state index contributed by atoms with van der Waals surface area (Å²) >= 11 is 1.61. The van der Waals surface area contributed by atoms with Gasteiger partial charge in [0.05, 0.1) is 17.6 Å². The maximum Gasteiger partial charge on any atom is 0.112 e. The van der Waals surface area contributed by atoms with E-state index < -0.39 is 0 Å². The number of hydrogen-bond donors (Lipinski definition) is 1. The minimum atomic E-state index is -0.218. The van der Waals surface area contributed by atoms with Crippen LogP contribution in [0, 0.1) is 11.3 Å². The maximum absolute atomic E-state index is 8.86. The number of nitrogens with zero attached hydrogens (tertiary/aromatic N) is 2. The third kappa shape index (κ3) is 2.53. The summed E-state index contributed by atoms with van der Waals surface area (Å²) in [5, 5.41) is 15.1. The number of rotatable bonds is 4. The molecule has 1 heterocycles. The van der Waals surface area contributed by atoms with Crippen molar-refractivity contribution in [2.24, 2.45) is 0 Å². The zero-order valence-electron chi connectivity index (χ0n) is 8.74. The molecular weight excluding hydrogens is 194 g/mol. The Hall–Kier alpha value is -0.920. The highest BCUT2D eigenvalue weighted by atomic mass is 32.1. The second-order valence-corrected chi connectivity index (χ2v) is 4.59. The molecule has 0 aliphatic rings. The van der Waals surface area contributed by atoms with Gasteiger partial charge in [-0.15, -0.1) is 11.3 Å². The predicted molar refractivity (Wildman–Crippen MR) is 58.0 cm³/mol. The summed E-state index contributed by atoms with van der Waals surface area (Å²) in [7, 11) is 0. The van der Waals surface area contributed by atoms with Crippen LogP contribution in [0.1, 0.15) is 32.2 Å². The van der Waals surface area contributed by atoms with Gasteiger partial charge in [0.25, 0.3) is 0 Å². The third-order valence-corrected chi connectivity index (χ3v) is 3.16. The lowest BCUT2D eigenvalue weighted by Crippen LogP contribution is -2.42.